The lowest BCUT2D eigenvalue weighted by atomic mass is 9.87. The summed E-state index contributed by atoms with van der Waals surface area (Å²) in [7, 11) is 1.62. The molecule has 6 aromatic rings. The molecule has 69 heavy (non-hydrogen) atoms. The summed E-state index contributed by atoms with van der Waals surface area (Å²) < 4.78 is 21.1. The number of Topliss-reactive ketones (excluding diaryl/α,β-unsaturated/α-hetero) is 1. The van der Waals surface area contributed by atoms with Crippen molar-refractivity contribution in [2.75, 3.05) is 11.9 Å². The van der Waals surface area contributed by atoms with Crippen molar-refractivity contribution in [3.8, 4) is 28.4 Å². The summed E-state index contributed by atoms with van der Waals surface area (Å²) in [5, 5.41) is 4.80. The van der Waals surface area contributed by atoms with Crippen molar-refractivity contribution in [1.82, 2.24) is 9.13 Å². The van der Waals surface area contributed by atoms with Gasteiger partial charge in [0.15, 0.2) is 0 Å². The Bertz CT molecular complexity index is 2670. The summed E-state index contributed by atoms with van der Waals surface area (Å²) in [5.41, 5.74) is 2.26. The molecule has 1 N–H and O–H groups in total. The number of rotatable bonds is 26. The minimum absolute atomic E-state index is 0.0222. The summed E-state index contributed by atoms with van der Waals surface area (Å²) in [6, 6.07) is 34.4. The number of amides is 1. The van der Waals surface area contributed by atoms with E-state index in [0.29, 0.717) is 23.6 Å². The number of carbonyl (C=O) groups is 3. The fourth-order valence-corrected chi connectivity index (χ4v) is 8.68. The smallest absolute Gasteiger partial charge is 0.338 e. The van der Waals surface area contributed by atoms with E-state index in [9.17, 15) is 14.4 Å². The van der Waals surface area contributed by atoms with E-state index in [-0.39, 0.29) is 40.0 Å². The molecule has 1 unspecified atom stereocenters. The highest BCUT2D eigenvalue weighted by atomic mass is 16.5. The van der Waals surface area contributed by atoms with Crippen LogP contribution in [0.15, 0.2) is 120 Å². The minimum atomic E-state index is -1.79. The van der Waals surface area contributed by atoms with Crippen LogP contribution in [0.4, 0.5) is 5.69 Å². The molecule has 0 bridgehead atoms. The van der Waals surface area contributed by atoms with Gasteiger partial charge in [0.25, 0.3) is 5.91 Å². The molecule has 366 valence electrons. The van der Waals surface area contributed by atoms with Crippen molar-refractivity contribution >= 4 is 34.1 Å². The van der Waals surface area contributed by atoms with E-state index in [0.717, 1.165) is 35.6 Å². The molecule has 1 heterocycles. The molecule has 0 saturated carbocycles. The minimum Gasteiger partial charge on any atom is -0.489 e. The van der Waals surface area contributed by atoms with Gasteiger partial charge in [0.05, 0.1) is 35.3 Å². The maximum absolute atomic E-state index is 15.5. The fourth-order valence-electron chi connectivity index (χ4n) is 8.68. The van der Waals surface area contributed by atoms with Crippen LogP contribution in [-0.2, 0) is 22.0 Å². The van der Waals surface area contributed by atoms with Gasteiger partial charge in [0.1, 0.15) is 17.2 Å². The quantitative estimate of drug-likeness (QED) is 0.0249. The van der Waals surface area contributed by atoms with Gasteiger partial charge in [-0.1, -0.05) is 178 Å². The molecule has 0 fully saturated rings. The number of nitrogens with zero attached hydrogens (tertiary/aromatic N) is 2. The molecular weight excluding hydrogens is 863 g/mol. The van der Waals surface area contributed by atoms with Gasteiger partial charge in [-0.2, -0.15) is 0 Å². The van der Waals surface area contributed by atoms with E-state index in [1.165, 1.54) is 79.8 Å². The van der Waals surface area contributed by atoms with Crippen LogP contribution in [0.25, 0.3) is 27.7 Å². The van der Waals surface area contributed by atoms with Crippen molar-refractivity contribution in [1.29, 1.82) is 0 Å². The highest BCUT2D eigenvalue weighted by molar-refractivity contribution is 6.18. The first kappa shape index (κ1) is 52.0. The zero-order valence-electron chi connectivity index (χ0n) is 42.0. The number of esters is 1. The van der Waals surface area contributed by atoms with Gasteiger partial charge in [-0.15, -0.1) is 0 Å². The van der Waals surface area contributed by atoms with Crippen LogP contribution in [0.2, 0.25) is 0 Å². The molecule has 10 nitrogen and oxygen atoms in total. The van der Waals surface area contributed by atoms with Crippen molar-refractivity contribution in [3.63, 3.8) is 0 Å². The van der Waals surface area contributed by atoms with E-state index < -0.39 is 29.5 Å². The van der Waals surface area contributed by atoms with Crippen molar-refractivity contribution < 1.29 is 28.6 Å². The zero-order chi connectivity index (χ0) is 49.3. The number of unbranched alkanes of at least 4 members (excludes halogenated alkanes) is 13. The highest BCUT2D eigenvalue weighted by Gasteiger charge is 2.37. The fraction of sp³-hybridized carbons (Fsp3) is 0.424. The molecule has 10 heteroatoms. The number of hydrogen-bond acceptors (Lipinski definition) is 7. The van der Waals surface area contributed by atoms with Gasteiger partial charge in [-0.3, -0.25) is 18.7 Å². The van der Waals surface area contributed by atoms with Crippen molar-refractivity contribution in [2.24, 2.45) is 7.05 Å². The average molecular weight is 936 g/mol. The molecule has 0 saturated heterocycles. The number of ether oxygens (including phenoxy) is 3. The van der Waals surface area contributed by atoms with Gasteiger partial charge in [0.2, 0.25) is 11.9 Å². The van der Waals surface area contributed by atoms with E-state index >= 15 is 4.79 Å². The predicted octanol–water partition coefficient (Wildman–Crippen LogP) is 14.0. The van der Waals surface area contributed by atoms with E-state index in [4.69, 9.17) is 14.2 Å². The first-order valence-corrected chi connectivity index (χ1v) is 25.2. The summed E-state index contributed by atoms with van der Waals surface area (Å²) in [6.45, 7) is 12.5. The van der Waals surface area contributed by atoms with Crippen LogP contribution in [0.3, 0.4) is 0 Å². The maximum atomic E-state index is 15.5. The molecular formula is C59H73N3O7. The lowest BCUT2D eigenvalue weighted by molar-refractivity contribution is -0.120. The lowest BCUT2D eigenvalue weighted by Gasteiger charge is -2.22. The Hall–Kier alpha value is -6.42. The third-order valence-electron chi connectivity index (χ3n) is 12.6. The number of hydrogen-bond donors (Lipinski definition) is 1. The van der Waals surface area contributed by atoms with Crippen LogP contribution < -0.4 is 20.5 Å². The number of benzene rings is 5. The Morgan fingerprint density at radius 2 is 1.25 bits per heavy atom. The maximum Gasteiger partial charge on any atom is 0.338 e. The van der Waals surface area contributed by atoms with Crippen LogP contribution in [-0.4, -0.2) is 45.6 Å². The van der Waals surface area contributed by atoms with Crippen LogP contribution >= 0.6 is 0 Å². The number of para-hydroxylation sites is 1. The largest absolute Gasteiger partial charge is 0.489 e. The highest BCUT2D eigenvalue weighted by Crippen LogP contribution is 2.33. The standard InChI is InChI=1S/C59H73N3O7/c1-8-9-10-11-12-13-14-15-16-17-18-19-20-26-39-67-57(65)46-33-38-50(51(41-46)68-42(2)3)60-56(64)55(69-49-36-34-47(35-37-49)59(4,5)6)54(63)53-52(45-32-31-43-27-24-25-28-44(43)40-45)61(7)58(66)62(53)48-29-22-21-23-30-48/h21-25,27-38,40-42,55H,8-20,26,39H2,1-7H3,(H,60,64). The SMILES string of the molecule is CCCCCCCCCCCCCCCCOC(=O)c1ccc(NC(=O)C(Oc2ccc(C(C)(C)C)cc2)C(=O)c2c(-c3ccc4ccccc4c3)n(C)c(=O)n2-c2ccccc2)c(OC(C)C)c1. The first-order valence-electron chi connectivity index (χ1n) is 25.2. The summed E-state index contributed by atoms with van der Waals surface area (Å²) in [6.07, 6.45) is 15.3. The number of anilines is 1. The van der Waals surface area contributed by atoms with E-state index in [1.54, 1.807) is 61.6 Å². The van der Waals surface area contributed by atoms with Crippen molar-refractivity contribution in [3.05, 3.63) is 143 Å². The van der Waals surface area contributed by atoms with Crippen LogP contribution in [0, 0.1) is 0 Å². The number of fused-ring (bicyclic) bond motifs is 1. The molecule has 6 rings (SSSR count). The molecule has 0 aliphatic rings. The van der Waals surface area contributed by atoms with E-state index in [1.807, 2.05) is 74.5 Å². The monoisotopic (exact) mass is 936 g/mol. The van der Waals surface area contributed by atoms with Gasteiger partial charge >= 0.3 is 11.7 Å². The van der Waals surface area contributed by atoms with Gasteiger partial charge in [-0.25, -0.2) is 9.59 Å². The molecule has 0 aliphatic carbocycles. The second-order valence-electron chi connectivity index (χ2n) is 19.5. The lowest BCUT2D eigenvalue weighted by Crippen LogP contribution is -2.41. The molecule has 5 aromatic carbocycles. The summed E-state index contributed by atoms with van der Waals surface area (Å²) in [5.74, 6) is -1.53. The average Bonchev–Trinajstić information content (AvgIpc) is 3.60. The number of carbonyl (C=O) groups excluding carboxylic acids is 3. The second-order valence-corrected chi connectivity index (χ2v) is 19.5. The van der Waals surface area contributed by atoms with E-state index in [2.05, 4.69) is 33.0 Å². The second kappa shape index (κ2) is 25.3. The van der Waals surface area contributed by atoms with Crippen LogP contribution in [0.5, 0.6) is 11.5 Å². The Morgan fingerprint density at radius 3 is 1.86 bits per heavy atom. The van der Waals surface area contributed by atoms with Gasteiger partial charge in [0, 0.05) is 12.6 Å². The number of imidazole rings is 1. The predicted molar refractivity (Wildman–Crippen MR) is 279 cm³/mol. The first-order chi connectivity index (χ1) is 33.3. The van der Waals surface area contributed by atoms with Gasteiger partial charge < -0.3 is 19.5 Å². The van der Waals surface area contributed by atoms with Crippen LogP contribution in [0.1, 0.15) is 158 Å². The topological polar surface area (TPSA) is 118 Å². The zero-order valence-corrected chi connectivity index (χ0v) is 42.0. The molecule has 1 amide bonds. The third kappa shape index (κ3) is 14.3. The van der Waals surface area contributed by atoms with Crippen molar-refractivity contribution in [2.45, 2.75) is 149 Å². The Labute approximate surface area is 409 Å². The summed E-state index contributed by atoms with van der Waals surface area (Å²) in [4.78, 5) is 58.0. The molecule has 0 aliphatic heterocycles. The number of ketones is 1. The Morgan fingerprint density at radius 1 is 0.652 bits per heavy atom. The molecule has 0 radical (unpaired) electrons. The number of aromatic nitrogens is 2. The third-order valence-corrected chi connectivity index (χ3v) is 12.6. The van der Waals surface area contributed by atoms with Gasteiger partial charge in [-0.05, 0) is 90.6 Å². The Balaban J connectivity index is 1.22. The normalized spacial score (nSPS) is 12.0. The Kier molecular flexibility index (Phi) is 19.0. The molecule has 1 aromatic heterocycles. The number of nitrogens with one attached hydrogen (secondary N) is 1. The summed E-state index contributed by atoms with van der Waals surface area (Å²) >= 11 is 0. The molecule has 0 spiro atoms. The molecule has 1 atom stereocenters.